The van der Waals surface area contributed by atoms with Gasteiger partial charge in [0.25, 0.3) is 0 Å². The van der Waals surface area contributed by atoms with E-state index >= 15 is 0 Å². The highest BCUT2D eigenvalue weighted by Gasteiger charge is 2.05. The summed E-state index contributed by atoms with van der Waals surface area (Å²) in [6.45, 7) is 0. The Morgan fingerprint density at radius 1 is 1.64 bits per heavy atom. The van der Waals surface area contributed by atoms with Gasteiger partial charge in [0.15, 0.2) is 5.65 Å². The second kappa shape index (κ2) is 3.15. The molecule has 2 aromatic heterocycles. The Morgan fingerprint density at radius 2 is 2.43 bits per heavy atom. The number of fused-ring (bicyclic) bond motifs is 1. The Morgan fingerprint density at radius 3 is 3.14 bits per heavy atom. The van der Waals surface area contributed by atoms with E-state index in [4.69, 9.17) is 16.7 Å². The second-order valence-electron chi connectivity index (χ2n) is 2.54. The summed E-state index contributed by atoms with van der Waals surface area (Å²) in [5.41, 5.74) is 0.836. The van der Waals surface area contributed by atoms with Gasteiger partial charge in [-0.1, -0.05) is 11.6 Å². The minimum absolute atomic E-state index is 0.341. The van der Waals surface area contributed by atoms with Crippen LogP contribution in [0.3, 0.4) is 0 Å². The van der Waals surface area contributed by atoms with Crippen LogP contribution < -0.4 is 5.32 Å². The summed E-state index contributed by atoms with van der Waals surface area (Å²) in [5.74, 6) is 0. The van der Waals surface area contributed by atoms with Crippen molar-refractivity contribution in [1.29, 1.82) is 0 Å². The van der Waals surface area contributed by atoms with Gasteiger partial charge in [-0.05, 0) is 6.07 Å². The van der Waals surface area contributed by atoms with E-state index in [0.717, 1.165) is 0 Å². The van der Waals surface area contributed by atoms with E-state index in [1.807, 2.05) is 0 Å². The molecular weight excluding hydrogens is 208 g/mol. The lowest BCUT2D eigenvalue weighted by molar-refractivity contribution is 0.209. The van der Waals surface area contributed by atoms with Crippen molar-refractivity contribution < 1.29 is 9.90 Å². The Kier molecular flexibility index (Phi) is 1.97. The summed E-state index contributed by atoms with van der Waals surface area (Å²) in [4.78, 5) is 14.2. The first-order valence-electron chi connectivity index (χ1n) is 3.65. The van der Waals surface area contributed by atoms with Crippen LogP contribution in [0.2, 0.25) is 5.02 Å². The van der Waals surface area contributed by atoms with Gasteiger partial charge in [0.05, 0.1) is 16.9 Å². The molecule has 6 nitrogen and oxygen atoms in total. The fraction of sp³-hybridized carbons (Fsp3) is 0. The number of carbonyl (C=O) groups is 1. The van der Waals surface area contributed by atoms with Gasteiger partial charge in [0.2, 0.25) is 0 Å². The molecule has 7 heteroatoms. The number of hydrogen-bond donors (Lipinski definition) is 2. The Hall–Kier alpha value is -1.82. The quantitative estimate of drug-likeness (QED) is 0.750. The van der Waals surface area contributed by atoms with Crippen molar-refractivity contribution in [3.63, 3.8) is 0 Å². The van der Waals surface area contributed by atoms with Crippen LogP contribution in [-0.2, 0) is 0 Å². The monoisotopic (exact) mass is 212 g/mol. The molecule has 2 heterocycles. The molecule has 0 aliphatic rings. The van der Waals surface area contributed by atoms with Gasteiger partial charge in [-0.2, -0.15) is 5.10 Å². The smallest absolute Gasteiger partial charge is 0.409 e. The molecule has 72 valence electrons. The van der Waals surface area contributed by atoms with Gasteiger partial charge in [-0.25, -0.2) is 14.3 Å². The fourth-order valence-corrected chi connectivity index (χ4v) is 1.33. The number of anilines is 1. The first-order valence-corrected chi connectivity index (χ1v) is 4.03. The number of amides is 1. The number of aromatic nitrogens is 3. The maximum atomic E-state index is 10.4. The number of nitrogens with one attached hydrogen (secondary N) is 1. The molecule has 0 bridgehead atoms. The van der Waals surface area contributed by atoms with E-state index in [2.05, 4.69) is 15.4 Å². The summed E-state index contributed by atoms with van der Waals surface area (Å²) in [6, 6.07) is 1.47. The standard InChI is InChI=1S/C7H5ClN4O2/c8-5-1-4(11-7(13)14)2-12-6(5)9-3-10-12/h1-3,11H,(H,13,14). The van der Waals surface area contributed by atoms with Crippen molar-refractivity contribution in [2.24, 2.45) is 0 Å². The second-order valence-corrected chi connectivity index (χ2v) is 2.94. The number of rotatable bonds is 1. The van der Waals surface area contributed by atoms with Crippen LogP contribution in [0.1, 0.15) is 0 Å². The third-order valence-corrected chi connectivity index (χ3v) is 1.86. The molecule has 0 fully saturated rings. The number of halogens is 1. The van der Waals surface area contributed by atoms with Crippen LogP contribution in [-0.4, -0.2) is 25.8 Å². The SMILES string of the molecule is O=C(O)Nc1cc(Cl)c2ncnn2c1. The molecule has 0 aliphatic heterocycles. The third kappa shape index (κ3) is 1.47. The van der Waals surface area contributed by atoms with Crippen molar-refractivity contribution in [2.75, 3.05) is 5.32 Å². The number of hydrogen-bond acceptors (Lipinski definition) is 3. The zero-order valence-electron chi connectivity index (χ0n) is 6.81. The van der Waals surface area contributed by atoms with Crippen molar-refractivity contribution in [3.8, 4) is 0 Å². The molecule has 2 N–H and O–H groups in total. The van der Waals surface area contributed by atoms with Gasteiger partial charge in [0, 0.05) is 0 Å². The van der Waals surface area contributed by atoms with E-state index in [9.17, 15) is 4.79 Å². The summed E-state index contributed by atoms with van der Waals surface area (Å²) >= 11 is 5.83. The van der Waals surface area contributed by atoms with Gasteiger partial charge in [0.1, 0.15) is 6.33 Å². The van der Waals surface area contributed by atoms with Crippen LogP contribution in [0.5, 0.6) is 0 Å². The van der Waals surface area contributed by atoms with Crippen molar-refractivity contribution in [2.45, 2.75) is 0 Å². The maximum absolute atomic E-state index is 10.4. The predicted octanol–water partition coefficient (Wildman–Crippen LogP) is 1.47. The van der Waals surface area contributed by atoms with Crippen LogP contribution in [0.15, 0.2) is 18.6 Å². The topological polar surface area (TPSA) is 79.5 Å². The highest BCUT2D eigenvalue weighted by atomic mass is 35.5. The van der Waals surface area contributed by atoms with Crippen LogP contribution >= 0.6 is 11.6 Å². The van der Waals surface area contributed by atoms with Crippen LogP contribution in [0.4, 0.5) is 10.5 Å². The lowest BCUT2D eigenvalue weighted by Gasteiger charge is -2.01. The summed E-state index contributed by atoms with van der Waals surface area (Å²) in [5, 5.41) is 14.8. The maximum Gasteiger partial charge on any atom is 0.409 e. The number of pyridine rings is 1. The molecule has 0 aromatic carbocycles. The average molecular weight is 213 g/mol. The highest BCUT2D eigenvalue weighted by molar-refractivity contribution is 6.33. The zero-order valence-corrected chi connectivity index (χ0v) is 7.56. The lowest BCUT2D eigenvalue weighted by atomic mass is 10.4. The summed E-state index contributed by atoms with van der Waals surface area (Å²) < 4.78 is 1.40. The zero-order chi connectivity index (χ0) is 10.1. The highest BCUT2D eigenvalue weighted by Crippen LogP contribution is 2.19. The lowest BCUT2D eigenvalue weighted by Crippen LogP contribution is -2.08. The van der Waals surface area contributed by atoms with Gasteiger partial charge in [-0.15, -0.1) is 0 Å². The largest absolute Gasteiger partial charge is 0.465 e. The third-order valence-electron chi connectivity index (χ3n) is 1.58. The molecule has 1 amide bonds. The number of nitrogens with zero attached hydrogens (tertiary/aromatic N) is 3. The van der Waals surface area contributed by atoms with Crippen molar-refractivity contribution in [1.82, 2.24) is 14.6 Å². The van der Waals surface area contributed by atoms with Crippen LogP contribution in [0.25, 0.3) is 5.65 Å². The minimum atomic E-state index is -1.15. The first kappa shape index (κ1) is 8.76. The number of carboxylic acid groups (broad SMARTS) is 1. The molecule has 0 saturated carbocycles. The molecule has 2 aromatic rings. The summed E-state index contributed by atoms with van der Waals surface area (Å²) in [6.07, 6.45) is 1.68. The minimum Gasteiger partial charge on any atom is -0.465 e. The molecule has 2 rings (SSSR count). The van der Waals surface area contributed by atoms with E-state index in [1.165, 1.54) is 23.1 Å². The van der Waals surface area contributed by atoms with Crippen LogP contribution in [0, 0.1) is 0 Å². The van der Waals surface area contributed by atoms with Gasteiger partial charge in [-0.3, -0.25) is 5.32 Å². The molecule has 0 saturated heterocycles. The summed E-state index contributed by atoms with van der Waals surface area (Å²) in [7, 11) is 0. The van der Waals surface area contributed by atoms with E-state index in [1.54, 1.807) is 0 Å². The fourth-order valence-electron chi connectivity index (χ4n) is 1.08. The molecule has 0 spiro atoms. The van der Waals surface area contributed by atoms with Crippen molar-refractivity contribution >= 4 is 29.0 Å². The predicted molar refractivity (Wildman–Crippen MR) is 49.6 cm³/mol. The average Bonchev–Trinajstić information content (AvgIpc) is 2.50. The normalized spacial score (nSPS) is 10.4. The Balaban J connectivity index is 2.53. The first-order chi connectivity index (χ1) is 6.66. The molecule has 0 radical (unpaired) electrons. The van der Waals surface area contributed by atoms with Crippen molar-refractivity contribution in [3.05, 3.63) is 23.6 Å². The molecule has 0 atom stereocenters. The molecule has 14 heavy (non-hydrogen) atoms. The molecule has 0 unspecified atom stereocenters. The Bertz CT molecular complexity index is 495. The van der Waals surface area contributed by atoms with E-state index < -0.39 is 6.09 Å². The van der Waals surface area contributed by atoms with Gasteiger partial charge >= 0.3 is 6.09 Å². The van der Waals surface area contributed by atoms with E-state index in [0.29, 0.717) is 16.4 Å². The molecule has 0 aliphatic carbocycles. The van der Waals surface area contributed by atoms with Gasteiger partial charge < -0.3 is 5.11 Å². The molecular formula is C7H5ClN4O2. The Labute approximate surface area is 83.1 Å². The van der Waals surface area contributed by atoms with E-state index in [-0.39, 0.29) is 0 Å².